The number of anilines is 1. The van der Waals surface area contributed by atoms with Crippen LogP contribution in [-0.4, -0.2) is 41.2 Å². The average molecular weight is 432 g/mol. The number of rotatable bonds is 8. The summed E-state index contributed by atoms with van der Waals surface area (Å²) in [5.74, 6) is -0.753. The molecular formula is C19H22F2N8O2. The molecule has 1 aliphatic carbocycles. The molecule has 0 aliphatic heterocycles. The summed E-state index contributed by atoms with van der Waals surface area (Å²) in [5.41, 5.74) is 1.51. The summed E-state index contributed by atoms with van der Waals surface area (Å²) in [5, 5.41) is 17.4. The Hall–Kier alpha value is -3.57. The summed E-state index contributed by atoms with van der Waals surface area (Å²) in [6.45, 7) is 0.0316. The molecule has 10 nitrogen and oxygen atoms in total. The number of aryl methyl sites for hydroxylation is 2. The molecule has 0 bridgehead atoms. The quantitative estimate of drug-likeness (QED) is 0.563. The Kier molecular flexibility index (Phi) is 5.53. The molecular weight excluding hydrogens is 410 g/mol. The highest BCUT2D eigenvalue weighted by Gasteiger charge is 2.30. The number of aromatic nitrogens is 6. The van der Waals surface area contributed by atoms with Crippen LogP contribution in [0.1, 0.15) is 52.6 Å². The van der Waals surface area contributed by atoms with E-state index in [9.17, 15) is 18.4 Å². The molecule has 0 spiro atoms. The number of amides is 2. The highest BCUT2D eigenvalue weighted by atomic mass is 19.3. The molecule has 3 heterocycles. The van der Waals surface area contributed by atoms with Crippen molar-refractivity contribution in [1.82, 2.24) is 34.7 Å². The maximum atomic E-state index is 13.0. The normalized spacial score (nSPS) is 13.6. The fourth-order valence-corrected chi connectivity index (χ4v) is 3.35. The van der Waals surface area contributed by atoms with Crippen molar-refractivity contribution in [3.63, 3.8) is 0 Å². The highest BCUT2D eigenvalue weighted by molar-refractivity contribution is 6.02. The van der Waals surface area contributed by atoms with Gasteiger partial charge in [0.2, 0.25) is 5.91 Å². The second-order valence-corrected chi connectivity index (χ2v) is 7.51. The first kappa shape index (κ1) is 20.7. The van der Waals surface area contributed by atoms with Crippen LogP contribution < -0.4 is 10.6 Å². The van der Waals surface area contributed by atoms with E-state index in [1.54, 1.807) is 31.2 Å². The van der Waals surface area contributed by atoms with Gasteiger partial charge in [-0.1, -0.05) is 0 Å². The smallest absolute Gasteiger partial charge is 0.282 e. The Morgan fingerprint density at radius 3 is 2.65 bits per heavy atom. The lowest BCUT2D eigenvalue weighted by atomic mass is 10.2. The van der Waals surface area contributed by atoms with Gasteiger partial charge in [0.15, 0.2) is 0 Å². The summed E-state index contributed by atoms with van der Waals surface area (Å²) in [7, 11) is 3.36. The minimum absolute atomic E-state index is 0.153. The van der Waals surface area contributed by atoms with Crippen LogP contribution in [0.5, 0.6) is 0 Å². The highest BCUT2D eigenvalue weighted by Crippen LogP contribution is 2.41. The zero-order valence-electron chi connectivity index (χ0n) is 17.0. The van der Waals surface area contributed by atoms with Gasteiger partial charge in [0.1, 0.15) is 17.9 Å². The monoisotopic (exact) mass is 432 g/mol. The van der Waals surface area contributed by atoms with Gasteiger partial charge in [-0.15, -0.1) is 0 Å². The molecule has 0 radical (unpaired) electrons. The summed E-state index contributed by atoms with van der Waals surface area (Å²) >= 11 is 0. The fourth-order valence-electron chi connectivity index (χ4n) is 3.35. The zero-order chi connectivity index (χ0) is 22.1. The zero-order valence-corrected chi connectivity index (χ0v) is 17.0. The Bertz CT molecular complexity index is 1110. The predicted molar refractivity (Wildman–Crippen MR) is 105 cm³/mol. The Morgan fingerprint density at radius 1 is 1.23 bits per heavy atom. The third-order valence-corrected chi connectivity index (χ3v) is 4.98. The number of hydrogen-bond donors (Lipinski definition) is 2. The first-order chi connectivity index (χ1) is 14.8. The maximum absolute atomic E-state index is 13.0. The fraction of sp³-hybridized carbons (Fsp3) is 0.421. The third kappa shape index (κ3) is 4.62. The largest absolute Gasteiger partial charge is 0.346 e. The molecule has 164 valence electrons. The van der Waals surface area contributed by atoms with Gasteiger partial charge in [0.25, 0.3) is 12.3 Å². The predicted octanol–water partition coefficient (Wildman–Crippen LogP) is 1.73. The molecule has 0 aromatic carbocycles. The van der Waals surface area contributed by atoms with Crippen LogP contribution in [-0.2, 0) is 32.0 Å². The van der Waals surface area contributed by atoms with E-state index >= 15 is 0 Å². The van der Waals surface area contributed by atoms with Gasteiger partial charge in [-0.05, 0) is 18.9 Å². The van der Waals surface area contributed by atoms with E-state index in [1.165, 1.54) is 21.6 Å². The first-order valence-electron chi connectivity index (χ1n) is 9.75. The van der Waals surface area contributed by atoms with Crippen LogP contribution in [0.15, 0.2) is 24.7 Å². The second kappa shape index (κ2) is 8.28. The lowest BCUT2D eigenvalue weighted by molar-refractivity contribution is -0.117. The van der Waals surface area contributed by atoms with Gasteiger partial charge in [0.05, 0.1) is 18.1 Å². The topological polar surface area (TPSA) is 112 Å². The molecule has 2 N–H and O–H groups in total. The van der Waals surface area contributed by atoms with E-state index in [-0.39, 0.29) is 36.1 Å². The maximum Gasteiger partial charge on any atom is 0.282 e. The molecule has 31 heavy (non-hydrogen) atoms. The van der Waals surface area contributed by atoms with E-state index in [0.29, 0.717) is 5.69 Å². The molecule has 0 saturated heterocycles. The molecule has 12 heteroatoms. The van der Waals surface area contributed by atoms with E-state index in [0.717, 1.165) is 18.4 Å². The van der Waals surface area contributed by atoms with E-state index in [1.807, 2.05) is 0 Å². The van der Waals surface area contributed by atoms with Crippen LogP contribution in [0.2, 0.25) is 0 Å². The van der Waals surface area contributed by atoms with Crippen molar-refractivity contribution >= 4 is 17.5 Å². The van der Waals surface area contributed by atoms with Gasteiger partial charge in [-0.3, -0.25) is 23.6 Å². The molecule has 0 unspecified atom stereocenters. The minimum Gasteiger partial charge on any atom is -0.346 e. The number of alkyl halides is 2. The molecule has 1 aliphatic rings. The Labute approximate surface area is 176 Å². The van der Waals surface area contributed by atoms with Crippen LogP contribution in [0.25, 0.3) is 0 Å². The number of carbonyl (C=O) groups excluding carboxylic acids is 2. The number of nitrogens with one attached hydrogen (secondary N) is 2. The third-order valence-electron chi connectivity index (χ3n) is 4.98. The molecule has 1 saturated carbocycles. The summed E-state index contributed by atoms with van der Waals surface area (Å²) < 4.78 is 30.4. The van der Waals surface area contributed by atoms with Crippen molar-refractivity contribution in [3.05, 3.63) is 47.3 Å². The van der Waals surface area contributed by atoms with Gasteiger partial charge in [-0.25, -0.2) is 8.78 Å². The van der Waals surface area contributed by atoms with Crippen molar-refractivity contribution in [1.29, 1.82) is 0 Å². The summed E-state index contributed by atoms with van der Waals surface area (Å²) in [6, 6.07) is 1.36. The van der Waals surface area contributed by atoms with Crippen molar-refractivity contribution in [2.75, 3.05) is 5.32 Å². The van der Waals surface area contributed by atoms with Crippen molar-refractivity contribution in [2.45, 2.75) is 38.3 Å². The van der Waals surface area contributed by atoms with E-state index < -0.39 is 18.2 Å². The number of halogens is 2. The lowest BCUT2D eigenvalue weighted by Gasteiger charge is -2.10. The molecule has 3 aromatic heterocycles. The standard InChI is InChI=1S/C19H22F2N8O2/c1-27-9-11(7-23-27)6-22-19(31)17-14(8-24-28(17)2)25-16(30)10-29-15(12-3-4-12)5-13(26-29)18(20)21/h5,7-9,12,18H,3-4,6,10H2,1-2H3,(H,22,31)(H,25,30). The average Bonchev–Trinajstić information content (AvgIpc) is 3.16. The Morgan fingerprint density at radius 2 is 2.00 bits per heavy atom. The lowest BCUT2D eigenvalue weighted by Crippen LogP contribution is -2.27. The summed E-state index contributed by atoms with van der Waals surface area (Å²) in [6.07, 6.45) is 3.87. The molecule has 2 amide bonds. The number of hydrogen-bond acceptors (Lipinski definition) is 5. The van der Waals surface area contributed by atoms with Crippen molar-refractivity contribution in [2.24, 2.45) is 14.1 Å². The SMILES string of the molecule is Cn1cc(CNC(=O)c2c(NC(=O)Cn3nc(C(F)F)cc3C3CC3)cnn2C)cn1. The molecule has 3 aromatic rings. The van der Waals surface area contributed by atoms with Gasteiger partial charge in [0, 0.05) is 44.0 Å². The first-order valence-corrected chi connectivity index (χ1v) is 9.75. The van der Waals surface area contributed by atoms with E-state index in [4.69, 9.17) is 0 Å². The summed E-state index contributed by atoms with van der Waals surface area (Å²) in [4.78, 5) is 25.2. The second-order valence-electron chi connectivity index (χ2n) is 7.51. The van der Waals surface area contributed by atoms with Crippen molar-refractivity contribution in [3.8, 4) is 0 Å². The van der Waals surface area contributed by atoms with Crippen LogP contribution in [0.4, 0.5) is 14.5 Å². The van der Waals surface area contributed by atoms with E-state index in [2.05, 4.69) is 25.9 Å². The minimum atomic E-state index is -2.70. The van der Waals surface area contributed by atoms with Crippen LogP contribution >= 0.6 is 0 Å². The van der Waals surface area contributed by atoms with Gasteiger partial charge in [-0.2, -0.15) is 15.3 Å². The van der Waals surface area contributed by atoms with Gasteiger partial charge >= 0.3 is 0 Å². The van der Waals surface area contributed by atoms with Crippen LogP contribution in [0, 0.1) is 0 Å². The van der Waals surface area contributed by atoms with Gasteiger partial charge < -0.3 is 10.6 Å². The Balaban J connectivity index is 1.44. The van der Waals surface area contributed by atoms with Crippen LogP contribution in [0.3, 0.4) is 0 Å². The number of carbonyl (C=O) groups is 2. The molecule has 0 atom stereocenters. The molecule has 1 fully saturated rings. The number of nitrogens with zero attached hydrogens (tertiary/aromatic N) is 6. The van der Waals surface area contributed by atoms with Crippen molar-refractivity contribution < 1.29 is 18.4 Å². The molecule has 4 rings (SSSR count).